The summed E-state index contributed by atoms with van der Waals surface area (Å²) in [7, 11) is 1.58. The lowest BCUT2D eigenvalue weighted by atomic mass is 10.2. The zero-order valence-corrected chi connectivity index (χ0v) is 16.3. The molecule has 1 aromatic carbocycles. The van der Waals surface area contributed by atoms with Gasteiger partial charge in [-0.1, -0.05) is 12.1 Å². The Balaban J connectivity index is 1.40. The van der Waals surface area contributed by atoms with Crippen molar-refractivity contribution in [2.24, 2.45) is 0 Å². The number of likely N-dealkylation sites (tertiary alicyclic amines) is 1. The minimum Gasteiger partial charge on any atom is -0.493 e. The second kappa shape index (κ2) is 7.06. The van der Waals surface area contributed by atoms with E-state index in [1.165, 1.54) is 4.68 Å². The van der Waals surface area contributed by atoms with Gasteiger partial charge >= 0.3 is 0 Å². The first-order valence-corrected chi connectivity index (χ1v) is 10.1. The number of carbonyl (C=O) groups is 1. The van der Waals surface area contributed by atoms with Crippen molar-refractivity contribution in [3.8, 4) is 5.75 Å². The molecule has 5 rings (SSSR count). The van der Waals surface area contributed by atoms with E-state index in [0.717, 1.165) is 36.8 Å². The van der Waals surface area contributed by atoms with Gasteiger partial charge < -0.3 is 14.1 Å². The first kappa shape index (κ1) is 18.0. The van der Waals surface area contributed by atoms with Crippen LogP contribution >= 0.6 is 0 Å². The summed E-state index contributed by atoms with van der Waals surface area (Å²) in [4.78, 5) is 27.3. The molecule has 1 saturated heterocycles. The van der Waals surface area contributed by atoms with E-state index in [-0.39, 0.29) is 17.5 Å². The van der Waals surface area contributed by atoms with Gasteiger partial charge in [-0.25, -0.2) is 4.68 Å². The molecule has 7 heteroatoms. The van der Waals surface area contributed by atoms with E-state index in [1.54, 1.807) is 19.2 Å². The van der Waals surface area contributed by atoms with Gasteiger partial charge in [-0.2, -0.15) is 5.10 Å². The highest BCUT2D eigenvalue weighted by atomic mass is 16.5. The van der Waals surface area contributed by atoms with Crippen LogP contribution in [-0.4, -0.2) is 40.3 Å². The van der Waals surface area contributed by atoms with Crippen molar-refractivity contribution in [3.63, 3.8) is 0 Å². The van der Waals surface area contributed by atoms with Crippen LogP contribution in [0.3, 0.4) is 0 Å². The summed E-state index contributed by atoms with van der Waals surface area (Å²) in [5.41, 5.74) is 1.43. The highest BCUT2D eigenvalue weighted by Gasteiger charge is 2.32. The number of carbonyl (C=O) groups excluding carboxylic acids is 1. The summed E-state index contributed by atoms with van der Waals surface area (Å²) in [5.74, 6) is 1.22. The van der Waals surface area contributed by atoms with Gasteiger partial charge in [0.1, 0.15) is 0 Å². The second-order valence-electron chi connectivity index (χ2n) is 7.84. The van der Waals surface area contributed by atoms with Crippen molar-refractivity contribution in [2.75, 3.05) is 13.7 Å². The maximum absolute atomic E-state index is 13.2. The van der Waals surface area contributed by atoms with Gasteiger partial charge in [-0.15, -0.1) is 0 Å². The maximum Gasteiger partial charge on any atom is 0.289 e. The average molecular weight is 393 g/mol. The van der Waals surface area contributed by atoms with E-state index in [2.05, 4.69) is 5.10 Å². The van der Waals surface area contributed by atoms with Crippen LogP contribution in [0.1, 0.15) is 47.8 Å². The molecule has 0 radical (unpaired) electrons. The van der Waals surface area contributed by atoms with Crippen LogP contribution in [-0.2, 0) is 6.54 Å². The average Bonchev–Trinajstić information content (AvgIpc) is 3.32. The Hall–Kier alpha value is -3.09. The van der Waals surface area contributed by atoms with Crippen LogP contribution in [0.15, 0.2) is 45.6 Å². The number of benzene rings is 1. The molecule has 1 atom stereocenters. The number of methoxy groups -OCH3 is 1. The number of furan rings is 1. The van der Waals surface area contributed by atoms with E-state index in [9.17, 15) is 9.59 Å². The van der Waals surface area contributed by atoms with Gasteiger partial charge in [-0.3, -0.25) is 9.59 Å². The van der Waals surface area contributed by atoms with E-state index >= 15 is 0 Å². The number of amides is 1. The zero-order valence-electron chi connectivity index (χ0n) is 16.3. The van der Waals surface area contributed by atoms with Gasteiger partial charge in [0.25, 0.3) is 11.5 Å². The molecular formula is C22H23N3O4. The van der Waals surface area contributed by atoms with Gasteiger partial charge in [0, 0.05) is 23.9 Å². The standard InChI is InChI=1S/C22H23N3O4/c1-28-18-6-2-4-15-12-19(29-21(15)18)22(27)24-11-3-5-16(24)13-25-20(26)10-9-17(23-25)14-7-8-14/h2,4,6,9-10,12,14,16H,3,5,7-8,11,13H2,1H3. The molecule has 29 heavy (non-hydrogen) atoms. The van der Waals surface area contributed by atoms with Gasteiger partial charge in [0.15, 0.2) is 17.1 Å². The lowest BCUT2D eigenvalue weighted by Gasteiger charge is -2.24. The van der Waals surface area contributed by atoms with Crippen molar-refractivity contribution in [1.82, 2.24) is 14.7 Å². The highest BCUT2D eigenvalue weighted by Crippen LogP contribution is 2.38. The number of rotatable bonds is 5. The molecule has 1 unspecified atom stereocenters. The fourth-order valence-electron chi connectivity index (χ4n) is 4.13. The molecular weight excluding hydrogens is 370 g/mol. The molecule has 0 spiro atoms. The Morgan fingerprint density at radius 1 is 1.24 bits per heavy atom. The number of aromatic nitrogens is 2. The minimum absolute atomic E-state index is 0.0720. The molecule has 3 aromatic rings. The minimum atomic E-state index is -0.155. The molecule has 1 saturated carbocycles. The Bertz CT molecular complexity index is 1130. The number of fused-ring (bicyclic) bond motifs is 1. The lowest BCUT2D eigenvalue weighted by Crippen LogP contribution is -2.40. The molecule has 150 valence electrons. The van der Waals surface area contributed by atoms with Crippen LogP contribution in [0.2, 0.25) is 0 Å². The third-order valence-electron chi connectivity index (χ3n) is 5.84. The number of hydrogen-bond donors (Lipinski definition) is 0. The van der Waals surface area contributed by atoms with Crippen LogP contribution in [0.4, 0.5) is 0 Å². The van der Waals surface area contributed by atoms with Gasteiger partial charge in [0.05, 0.1) is 25.4 Å². The van der Waals surface area contributed by atoms with E-state index < -0.39 is 0 Å². The molecule has 1 aliphatic carbocycles. The summed E-state index contributed by atoms with van der Waals surface area (Å²) in [6.45, 7) is 1.06. The van der Waals surface area contributed by atoms with Crippen molar-refractivity contribution in [2.45, 2.75) is 44.2 Å². The predicted octanol–water partition coefficient (Wildman–Crippen LogP) is 3.18. The molecule has 2 aliphatic rings. The third-order valence-corrected chi connectivity index (χ3v) is 5.84. The van der Waals surface area contributed by atoms with Crippen molar-refractivity contribution in [1.29, 1.82) is 0 Å². The van der Waals surface area contributed by atoms with Gasteiger partial charge in [0.2, 0.25) is 0 Å². The Labute approximate surface area is 167 Å². The highest BCUT2D eigenvalue weighted by molar-refractivity contribution is 5.97. The molecule has 2 fully saturated rings. The van der Waals surface area contributed by atoms with Gasteiger partial charge in [-0.05, 0) is 43.9 Å². The first-order chi connectivity index (χ1) is 14.1. The number of hydrogen-bond acceptors (Lipinski definition) is 5. The van der Waals surface area contributed by atoms with Crippen LogP contribution < -0.4 is 10.3 Å². The zero-order chi connectivity index (χ0) is 20.0. The summed E-state index contributed by atoms with van der Waals surface area (Å²) in [6, 6.07) is 10.7. The largest absolute Gasteiger partial charge is 0.493 e. The normalized spacial score (nSPS) is 19.1. The SMILES string of the molecule is COc1cccc2cc(C(=O)N3CCCC3Cn3nc(C4CC4)ccc3=O)oc12. The lowest BCUT2D eigenvalue weighted by molar-refractivity contribution is 0.0690. The quantitative estimate of drug-likeness (QED) is 0.665. The van der Waals surface area contributed by atoms with E-state index in [4.69, 9.17) is 9.15 Å². The van der Waals surface area contributed by atoms with Crippen molar-refractivity contribution >= 4 is 16.9 Å². The molecule has 0 bridgehead atoms. The summed E-state index contributed by atoms with van der Waals surface area (Å²) in [6.07, 6.45) is 4.01. The first-order valence-electron chi connectivity index (χ1n) is 10.1. The van der Waals surface area contributed by atoms with Crippen LogP contribution in [0.5, 0.6) is 5.75 Å². The predicted molar refractivity (Wildman–Crippen MR) is 107 cm³/mol. The fourth-order valence-corrected chi connectivity index (χ4v) is 4.13. The maximum atomic E-state index is 13.2. The molecule has 7 nitrogen and oxygen atoms in total. The van der Waals surface area contributed by atoms with Crippen molar-refractivity contribution < 1.29 is 13.9 Å². The fraction of sp³-hybridized carbons (Fsp3) is 0.409. The Morgan fingerprint density at radius 2 is 2.10 bits per heavy atom. The van der Waals surface area contributed by atoms with E-state index in [0.29, 0.717) is 36.1 Å². The number of nitrogens with zero attached hydrogens (tertiary/aromatic N) is 3. The Kier molecular flexibility index (Phi) is 4.38. The summed E-state index contributed by atoms with van der Waals surface area (Å²) in [5, 5.41) is 5.38. The molecule has 0 N–H and O–H groups in total. The van der Waals surface area contributed by atoms with E-state index in [1.807, 2.05) is 29.2 Å². The van der Waals surface area contributed by atoms with Crippen LogP contribution in [0.25, 0.3) is 11.0 Å². The summed E-state index contributed by atoms with van der Waals surface area (Å²) < 4.78 is 12.7. The second-order valence-corrected chi connectivity index (χ2v) is 7.84. The molecule has 1 aliphatic heterocycles. The molecule has 2 aromatic heterocycles. The van der Waals surface area contributed by atoms with Crippen molar-refractivity contribution in [3.05, 3.63) is 58.2 Å². The topological polar surface area (TPSA) is 77.6 Å². The smallest absolute Gasteiger partial charge is 0.289 e. The Morgan fingerprint density at radius 3 is 2.90 bits per heavy atom. The third kappa shape index (κ3) is 3.30. The number of para-hydroxylation sites is 1. The van der Waals surface area contributed by atoms with Crippen LogP contribution in [0, 0.1) is 0 Å². The monoisotopic (exact) mass is 393 g/mol. The number of ether oxygens (including phenoxy) is 1. The molecule has 1 amide bonds. The molecule has 3 heterocycles. The summed E-state index contributed by atoms with van der Waals surface area (Å²) >= 11 is 0.